The van der Waals surface area contributed by atoms with Crippen molar-refractivity contribution in [2.75, 3.05) is 13.2 Å². The van der Waals surface area contributed by atoms with Crippen LogP contribution in [0, 0.1) is 6.92 Å². The molecule has 1 atom stereocenters. The predicted molar refractivity (Wildman–Crippen MR) is 92.6 cm³/mol. The Kier molecular flexibility index (Phi) is 5.05. The van der Waals surface area contributed by atoms with Crippen molar-refractivity contribution in [3.8, 4) is 0 Å². The van der Waals surface area contributed by atoms with Crippen LogP contribution in [0.15, 0.2) is 24.3 Å². The van der Waals surface area contributed by atoms with Gasteiger partial charge >= 0.3 is 0 Å². The summed E-state index contributed by atoms with van der Waals surface area (Å²) in [5, 5.41) is 14.4. The Morgan fingerprint density at radius 2 is 2.17 bits per heavy atom. The summed E-state index contributed by atoms with van der Waals surface area (Å²) in [6.45, 7) is 3.86. The maximum absolute atomic E-state index is 9.26. The first kappa shape index (κ1) is 16.5. The third kappa shape index (κ3) is 3.30. The number of benzene rings is 1. The fourth-order valence-corrected chi connectivity index (χ4v) is 3.82. The van der Waals surface area contributed by atoms with E-state index in [-0.39, 0.29) is 6.61 Å². The average molecular weight is 334 g/mol. The Bertz CT molecular complexity index is 683. The van der Waals surface area contributed by atoms with E-state index in [1.807, 2.05) is 14.0 Å². The molecule has 0 saturated heterocycles. The third-order valence-corrected chi connectivity index (χ3v) is 5.25. The van der Waals surface area contributed by atoms with Crippen molar-refractivity contribution in [2.45, 2.75) is 38.8 Å². The average Bonchev–Trinajstić information content (AvgIpc) is 3.07. The van der Waals surface area contributed by atoms with E-state index in [4.69, 9.17) is 11.6 Å². The summed E-state index contributed by atoms with van der Waals surface area (Å²) in [5.41, 5.74) is 4.94. The van der Waals surface area contributed by atoms with Crippen molar-refractivity contribution < 1.29 is 5.11 Å². The molecule has 23 heavy (non-hydrogen) atoms. The summed E-state index contributed by atoms with van der Waals surface area (Å²) in [6.07, 6.45) is 3.02. The van der Waals surface area contributed by atoms with Crippen LogP contribution in [0.5, 0.6) is 0 Å². The summed E-state index contributed by atoms with van der Waals surface area (Å²) in [7, 11) is 1.88. The number of aryl methyl sites for hydroxylation is 3. The largest absolute Gasteiger partial charge is 0.396 e. The normalized spacial score (nSPS) is 17.0. The van der Waals surface area contributed by atoms with Crippen LogP contribution >= 0.6 is 11.6 Å². The minimum Gasteiger partial charge on any atom is -0.396 e. The molecule has 1 aliphatic carbocycles. The predicted octanol–water partition coefficient (Wildman–Crippen LogP) is 3.25. The van der Waals surface area contributed by atoms with E-state index in [0.29, 0.717) is 11.2 Å². The molecule has 1 N–H and O–H groups in total. The first-order valence-corrected chi connectivity index (χ1v) is 8.60. The molecule has 0 saturated carbocycles. The highest BCUT2D eigenvalue weighted by Crippen LogP contribution is 2.37. The van der Waals surface area contributed by atoms with Gasteiger partial charge in [-0.3, -0.25) is 9.58 Å². The van der Waals surface area contributed by atoms with Crippen LogP contribution in [-0.4, -0.2) is 32.9 Å². The smallest absolute Gasteiger partial charge is 0.131 e. The van der Waals surface area contributed by atoms with Crippen molar-refractivity contribution in [1.29, 1.82) is 0 Å². The van der Waals surface area contributed by atoms with Crippen LogP contribution < -0.4 is 0 Å². The zero-order valence-corrected chi connectivity index (χ0v) is 14.6. The molecule has 0 radical (unpaired) electrons. The van der Waals surface area contributed by atoms with Crippen LogP contribution in [0.4, 0.5) is 0 Å². The van der Waals surface area contributed by atoms with Gasteiger partial charge in [-0.1, -0.05) is 35.9 Å². The molecule has 4 nitrogen and oxygen atoms in total. The highest BCUT2D eigenvalue weighted by molar-refractivity contribution is 6.30. The van der Waals surface area contributed by atoms with Gasteiger partial charge in [0.15, 0.2) is 0 Å². The number of hydrogen-bond donors (Lipinski definition) is 1. The molecule has 0 amide bonds. The second-order valence-corrected chi connectivity index (χ2v) is 6.64. The molecular weight excluding hydrogens is 310 g/mol. The maximum Gasteiger partial charge on any atom is 0.131 e. The van der Waals surface area contributed by atoms with E-state index >= 15 is 0 Å². The zero-order valence-electron chi connectivity index (χ0n) is 13.8. The number of aromatic nitrogens is 2. The van der Waals surface area contributed by atoms with Gasteiger partial charge < -0.3 is 5.11 Å². The maximum atomic E-state index is 9.26. The monoisotopic (exact) mass is 333 g/mol. The molecule has 1 aliphatic rings. The summed E-state index contributed by atoms with van der Waals surface area (Å²) >= 11 is 6.42. The van der Waals surface area contributed by atoms with Gasteiger partial charge in [0.2, 0.25) is 0 Å². The Morgan fingerprint density at radius 1 is 1.39 bits per heavy atom. The number of hydrogen-bond acceptors (Lipinski definition) is 3. The van der Waals surface area contributed by atoms with Crippen molar-refractivity contribution in [2.24, 2.45) is 7.05 Å². The van der Waals surface area contributed by atoms with Crippen molar-refractivity contribution in [3.05, 3.63) is 51.8 Å². The van der Waals surface area contributed by atoms with Crippen molar-refractivity contribution in [1.82, 2.24) is 14.7 Å². The molecule has 0 bridgehead atoms. The molecule has 0 fully saturated rings. The molecule has 0 spiro atoms. The van der Waals surface area contributed by atoms with Gasteiger partial charge in [0.1, 0.15) is 5.15 Å². The molecule has 0 aliphatic heterocycles. The lowest BCUT2D eigenvalue weighted by molar-refractivity contribution is 0.165. The van der Waals surface area contributed by atoms with Gasteiger partial charge in [-0.05, 0) is 37.3 Å². The number of nitrogens with zero attached hydrogens (tertiary/aromatic N) is 3. The lowest BCUT2D eigenvalue weighted by atomic mass is 10.1. The van der Waals surface area contributed by atoms with Gasteiger partial charge in [0.05, 0.1) is 5.69 Å². The van der Waals surface area contributed by atoms with E-state index in [2.05, 4.69) is 34.3 Å². The molecule has 3 rings (SSSR count). The second kappa shape index (κ2) is 7.04. The van der Waals surface area contributed by atoms with Crippen LogP contribution in [0.3, 0.4) is 0 Å². The lowest BCUT2D eigenvalue weighted by Gasteiger charge is -2.29. The summed E-state index contributed by atoms with van der Waals surface area (Å²) < 4.78 is 1.74. The van der Waals surface area contributed by atoms with E-state index in [1.54, 1.807) is 4.68 Å². The molecule has 1 aromatic carbocycles. The van der Waals surface area contributed by atoms with Crippen LogP contribution in [0.2, 0.25) is 5.15 Å². The highest BCUT2D eigenvalue weighted by Gasteiger charge is 2.28. The molecule has 1 heterocycles. The number of rotatable bonds is 6. The summed E-state index contributed by atoms with van der Waals surface area (Å²) in [6, 6.07) is 9.08. The van der Waals surface area contributed by atoms with Crippen LogP contribution in [0.1, 0.15) is 41.3 Å². The molecule has 1 unspecified atom stereocenters. The van der Waals surface area contributed by atoms with Gasteiger partial charge in [-0.25, -0.2) is 0 Å². The minimum atomic E-state index is 0.213. The van der Waals surface area contributed by atoms with Crippen molar-refractivity contribution in [3.63, 3.8) is 0 Å². The van der Waals surface area contributed by atoms with Gasteiger partial charge in [0, 0.05) is 38.3 Å². The van der Waals surface area contributed by atoms with E-state index in [1.165, 1.54) is 11.1 Å². The van der Waals surface area contributed by atoms with Crippen LogP contribution in [-0.2, 0) is 20.0 Å². The Hall–Kier alpha value is -1.36. The molecule has 5 heteroatoms. The summed E-state index contributed by atoms with van der Waals surface area (Å²) in [5.74, 6) is 0. The Morgan fingerprint density at radius 3 is 2.87 bits per heavy atom. The molecule has 124 valence electrons. The minimum absolute atomic E-state index is 0.213. The fourth-order valence-electron chi connectivity index (χ4n) is 3.59. The van der Waals surface area contributed by atoms with E-state index in [0.717, 1.165) is 43.6 Å². The van der Waals surface area contributed by atoms with Gasteiger partial charge in [0.25, 0.3) is 0 Å². The molecular formula is C18H24ClN3O. The standard InChI is InChI=1S/C18H24ClN3O/c1-13-16(18(19)21(2)20-13)12-22(10-5-11-23)17-9-8-14-6-3-4-7-15(14)17/h3-4,6-7,17,23H,5,8-12H2,1-2H3. The Labute approximate surface area is 142 Å². The number of fused-ring (bicyclic) bond motifs is 1. The van der Waals surface area contributed by atoms with Gasteiger partial charge in [-0.15, -0.1) is 0 Å². The second-order valence-electron chi connectivity index (χ2n) is 6.28. The SMILES string of the molecule is Cc1nn(C)c(Cl)c1CN(CCCO)C1CCc2ccccc21. The molecule has 2 aromatic rings. The summed E-state index contributed by atoms with van der Waals surface area (Å²) in [4.78, 5) is 2.44. The van der Waals surface area contributed by atoms with Crippen molar-refractivity contribution >= 4 is 11.6 Å². The fraction of sp³-hybridized carbons (Fsp3) is 0.500. The highest BCUT2D eigenvalue weighted by atomic mass is 35.5. The molecule has 1 aromatic heterocycles. The van der Waals surface area contributed by atoms with E-state index in [9.17, 15) is 5.11 Å². The van der Waals surface area contributed by atoms with Crippen LogP contribution in [0.25, 0.3) is 0 Å². The topological polar surface area (TPSA) is 41.3 Å². The number of aliphatic hydroxyl groups excluding tert-OH is 1. The number of halogens is 1. The number of aliphatic hydroxyl groups is 1. The lowest BCUT2D eigenvalue weighted by Crippen LogP contribution is -2.29. The zero-order chi connectivity index (χ0) is 16.4. The van der Waals surface area contributed by atoms with Gasteiger partial charge in [-0.2, -0.15) is 5.10 Å². The Balaban J connectivity index is 1.87. The van der Waals surface area contributed by atoms with E-state index < -0.39 is 0 Å². The first-order valence-electron chi connectivity index (χ1n) is 8.22. The quantitative estimate of drug-likeness (QED) is 0.882. The third-order valence-electron chi connectivity index (χ3n) is 4.78. The first-order chi connectivity index (χ1) is 11.1.